The lowest BCUT2D eigenvalue weighted by molar-refractivity contribution is 0.809. The lowest BCUT2D eigenvalue weighted by Crippen LogP contribution is -2.18. The van der Waals surface area contributed by atoms with Crippen LogP contribution >= 0.6 is 0 Å². The lowest BCUT2D eigenvalue weighted by Gasteiger charge is -2.26. The van der Waals surface area contributed by atoms with Crippen molar-refractivity contribution in [3.63, 3.8) is 0 Å². The van der Waals surface area contributed by atoms with Gasteiger partial charge in [-0.3, -0.25) is 0 Å². The van der Waals surface area contributed by atoms with Crippen LogP contribution in [0.15, 0.2) is 103 Å². The van der Waals surface area contributed by atoms with Gasteiger partial charge in [0.1, 0.15) is 0 Å². The Bertz CT molecular complexity index is 1310. The Labute approximate surface area is 176 Å². The summed E-state index contributed by atoms with van der Waals surface area (Å²) in [6.45, 7) is 0. The number of nitrogens with zero attached hydrogens (tertiary/aromatic N) is 1. The molecular weight excluding hydrogens is 364 g/mol. The number of hydrogen-bond acceptors (Lipinski definition) is 2. The summed E-state index contributed by atoms with van der Waals surface area (Å²) >= 11 is 0. The third-order valence-electron chi connectivity index (χ3n) is 7.02. The maximum Gasteiger partial charge on any atom is 0.0739 e. The molecule has 0 saturated carbocycles. The van der Waals surface area contributed by atoms with E-state index in [1.807, 2.05) is 0 Å². The first kappa shape index (κ1) is 16.3. The van der Waals surface area contributed by atoms with Crippen molar-refractivity contribution in [2.24, 2.45) is 0 Å². The molecule has 3 atom stereocenters. The van der Waals surface area contributed by atoms with E-state index < -0.39 is 0 Å². The normalized spacial score (nSPS) is 24.9. The Morgan fingerprint density at radius 2 is 1.57 bits per heavy atom. The summed E-state index contributed by atoms with van der Waals surface area (Å²) in [5.74, 6) is 0.781. The van der Waals surface area contributed by atoms with Gasteiger partial charge in [-0.15, -0.1) is 0 Å². The number of hydrogen-bond donors (Lipinski definition) is 1. The van der Waals surface area contributed by atoms with Crippen molar-refractivity contribution in [2.75, 3.05) is 10.2 Å². The van der Waals surface area contributed by atoms with Gasteiger partial charge in [-0.1, -0.05) is 78.9 Å². The van der Waals surface area contributed by atoms with Gasteiger partial charge in [0.05, 0.1) is 17.4 Å². The Hall–Kier alpha value is -3.52. The summed E-state index contributed by atoms with van der Waals surface area (Å²) in [4.78, 5) is 2.51. The number of allylic oxidation sites excluding steroid dienone is 6. The van der Waals surface area contributed by atoms with E-state index in [1.54, 1.807) is 0 Å². The first-order valence-electron chi connectivity index (χ1n) is 10.8. The van der Waals surface area contributed by atoms with Crippen LogP contribution in [0.2, 0.25) is 0 Å². The molecule has 30 heavy (non-hydrogen) atoms. The first-order valence-corrected chi connectivity index (χ1v) is 10.8. The van der Waals surface area contributed by atoms with Gasteiger partial charge in [-0.25, -0.2) is 0 Å². The van der Waals surface area contributed by atoms with Gasteiger partial charge in [0.2, 0.25) is 0 Å². The van der Waals surface area contributed by atoms with Gasteiger partial charge in [-0.2, -0.15) is 0 Å². The molecule has 2 aliphatic heterocycles. The minimum atomic E-state index is 0.326. The van der Waals surface area contributed by atoms with E-state index in [9.17, 15) is 0 Å². The summed E-state index contributed by atoms with van der Waals surface area (Å²) < 4.78 is 0. The van der Waals surface area contributed by atoms with Gasteiger partial charge in [0.15, 0.2) is 0 Å². The zero-order chi connectivity index (χ0) is 19.7. The molecule has 0 spiro atoms. The average Bonchev–Trinajstić information content (AvgIpc) is 3.36. The molecule has 2 aliphatic carbocycles. The fraction of sp³-hybridized carbons (Fsp3) is 0.143. The molecule has 3 unspecified atom stereocenters. The number of rotatable bonds is 1. The number of para-hydroxylation sites is 1. The zero-order valence-corrected chi connectivity index (χ0v) is 16.6. The molecular formula is C28H22N2. The fourth-order valence-electron chi connectivity index (χ4n) is 5.84. The Morgan fingerprint density at radius 1 is 0.800 bits per heavy atom. The molecule has 1 N–H and O–H groups in total. The average molecular weight is 386 g/mol. The highest BCUT2D eigenvalue weighted by atomic mass is 15.2. The molecule has 3 aromatic rings. The number of fused-ring (bicyclic) bond motifs is 10. The van der Waals surface area contributed by atoms with Gasteiger partial charge >= 0.3 is 0 Å². The number of benzene rings is 3. The standard InChI is InChI=1S/C28H22N2/c1-2-10-18(11-3-1)30-24-17-9-7-15-22(24)26-20-13-5-4-12-19(20)25-21-14-6-8-16-23(21)29-27(25)28(26)30/h1-14,16-17,21-23,29H,15H2. The molecule has 144 valence electrons. The minimum Gasteiger partial charge on any atom is -0.376 e. The van der Waals surface area contributed by atoms with E-state index in [-0.39, 0.29) is 0 Å². The van der Waals surface area contributed by atoms with Gasteiger partial charge in [-0.05, 0) is 46.5 Å². The summed E-state index contributed by atoms with van der Waals surface area (Å²) in [5.41, 5.74) is 8.22. The second-order valence-electron chi connectivity index (χ2n) is 8.54. The fourth-order valence-corrected chi connectivity index (χ4v) is 5.84. The monoisotopic (exact) mass is 386 g/mol. The first-order chi connectivity index (χ1) is 14.9. The SMILES string of the molecule is C1=CCC2C(=C1)N(c1ccccc1)c1c3c(c4ccccc4c12)C1C=CC=CC1N3. The summed E-state index contributed by atoms with van der Waals surface area (Å²) in [5, 5.41) is 6.71. The smallest absolute Gasteiger partial charge is 0.0739 e. The Balaban J connectivity index is 1.61. The Morgan fingerprint density at radius 3 is 2.43 bits per heavy atom. The van der Waals surface area contributed by atoms with Crippen molar-refractivity contribution < 1.29 is 0 Å². The van der Waals surface area contributed by atoms with Crippen molar-refractivity contribution in [1.82, 2.24) is 0 Å². The van der Waals surface area contributed by atoms with E-state index in [2.05, 4.69) is 107 Å². The molecule has 7 rings (SSSR count). The summed E-state index contributed by atoms with van der Waals surface area (Å²) in [6.07, 6.45) is 16.9. The maximum atomic E-state index is 3.91. The predicted octanol–water partition coefficient (Wildman–Crippen LogP) is 6.92. The molecule has 0 radical (unpaired) electrons. The van der Waals surface area contributed by atoms with Gasteiger partial charge in [0, 0.05) is 23.2 Å². The van der Waals surface area contributed by atoms with Crippen LogP contribution in [0, 0.1) is 0 Å². The molecule has 0 aromatic heterocycles. The molecule has 2 nitrogen and oxygen atoms in total. The van der Waals surface area contributed by atoms with Crippen molar-refractivity contribution in [3.8, 4) is 0 Å². The molecule has 0 amide bonds. The second kappa shape index (κ2) is 5.99. The highest BCUT2D eigenvalue weighted by molar-refractivity contribution is 6.07. The van der Waals surface area contributed by atoms with Crippen molar-refractivity contribution >= 4 is 27.8 Å². The van der Waals surface area contributed by atoms with Crippen LogP contribution in [0.3, 0.4) is 0 Å². The van der Waals surface area contributed by atoms with E-state index in [0.29, 0.717) is 17.9 Å². The third-order valence-corrected chi connectivity index (χ3v) is 7.02. The maximum absolute atomic E-state index is 3.91. The molecule has 0 bridgehead atoms. The van der Waals surface area contributed by atoms with E-state index in [0.717, 1.165) is 6.42 Å². The van der Waals surface area contributed by atoms with Crippen LogP contribution in [0.4, 0.5) is 17.1 Å². The topological polar surface area (TPSA) is 15.3 Å². The molecule has 4 aliphatic rings. The quantitative estimate of drug-likeness (QED) is 0.488. The van der Waals surface area contributed by atoms with Crippen molar-refractivity contribution in [1.29, 1.82) is 0 Å². The minimum absolute atomic E-state index is 0.326. The summed E-state index contributed by atoms with van der Waals surface area (Å²) in [7, 11) is 0. The third kappa shape index (κ3) is 2.03. The van der Waals surface area contributed by atoms with Crippen LogP contribution in [-0.2, 0) is 0 Å². The highest BCUT2D eigenvalue weighted by Crippen LogP contribution is 2.60. The highest BCUT2D eigenvalue weighted by Gasteiger charge is 2.43. The lowest BCUT2D eigenvalue weighted by atomic mass is 9.83. The van der Waals surface area contributed by atoms with Crippen LogP contribution in [-0.4, -0.2) is 6.04 Å². The second-order valence-corrected chi connectivity index (χ2v) is 8.54. The molecule has 0 fully saturated rings. The van der Waals surface area contributed by atoms with Crippen molar-refractivity contribution in [2.45, 2.75) is 24.3 Å². The number of nitrogens with one attached hydrogen (secondary N) is 1. The molecule has 0 saturated heterocycles. The van der Waals surface area contributed by atoms with Crippen molar-refractivity contribution in [3.05, 3.63) is 114 Å². The predicted molar refractivity (Wildman–Crippen MR) is 126 cm³/mol. The van der Waals surface area contributed by atoms with Crippen LogP contribution in [0.25, 0.3) is 10.8 Å². The Kier molecular flexibility index (Phi) is 3.25. The van der Waals surface area contributed by atoms with Gasteiger partial charge in [0.25, 0.3) is 0 Å². The van der Waals surface area contributed by atoms with Gasteiger partial charge < -0.3 is 10.2 Å². The van der Waals surface area contributed by atoms with Crippen LogP contribution in [0.1, 0.15) is 29.4 Å². The van der Waals surface area contributed by atoms with Crippen LogP contribution in [0.5, 0.6) is 0 Å². The largest absolute Gasteiger partial charge is 0.376 e. The molecule has 2 heteroatoms. The zero-order valence-electron chi connectivity index (χ0n) is 16.6. The van der Waals surface area contributed by atoms with E-state index in [4.69, 9.17) is 0 Å². The number of anilines is 3. The van der Waals surface area contributed by atoms with Crippen LogP contribution < -0.4 is 10.2 Å². The van der Waals surface area contributed by atoms with E-state index >= 15 is 0 Å². The van der Waals surface area contributed by atoms with E-state index in [1.165, 1.54) is 44.7 Å². The molecule has 2 heterocycles. The summed E-state index contributed by atoms with van der Waals surface area (Å²) in [6, 6.07) is 20.2. The molecule has 3 aromatic carbocycles.